The molecule has 7 nitrogen and oxygen atoms in total. The van der Waals surface area contributed by atoms with Gasteiger partial charge in [0.05, 0.1) is 0 Å². The molecule has 0 spiro atoms. The molecule has 0 fully saturated rings. The highest BCUT2D eigenvalue weighted by atomic mass is 35.5. The summed E-state index contributed by atoms with van der Waals surface area (Å²) in [4.78, 5) is 11.7. The van der Waals surface area contributed by atoms with Crippen molar-refractivity contribution in [1.82, 2.24) is 20.2 Å². The molecular formula is C12H14ClN5O2. The zero-order valence-corrected chi connectivity index (χ0v) is 11.7. The van der Waals surface area contributed by atoms with Crippen molar-refractivity contribution in [2.24, 2.45) is 0 Å². The minimum Gasteiger partial charge on any atom is -0.484 e. The lowest BCUT2D eigenvalue weighted by Crippen LogP contribution is -2.22. The van der Waals surface area contributed by atoms with E-state index < -0.39 is 0 Å². The summed E-state index contributed by atoms with van der Waals surface area (Å²) in [7, 11) is 0. The topological polar surface area (TPSA) is 81.9 Å². The number of halogens is 1. The van der Waals surface area contributed by atoms with E-state index in [4.69, 9.17) is 16.3 Å². The number of hydrogen-bond donors (Lipinski definition) is 1. The first-order valence-corrected chi connectivity index (χ1v) is 6.51. The number of amides is 1. The molecule has 106 valence electrons. The summed E-state index contributed by atoms with van der Waals surface area (Å²) >= 11 is 5.76. The molecule has 0 aliphatic heterocycles. The fraction of sp³-hybridized carbons (Fsp3) is 0.333. The number of rotatable bonds is 6. The zero-order valence-electron chi connectivity index (χ0n) is 10.9. The Morgan fingerprint density at radius 1 is 1.40 bits per heavy atom. The highest BCUT2D eigenvalue weighted by Crippen LogP contribution is 2.15. The van der Waals surface area contributed by atoms with E-state index in [1.54, 1.807) is 24.3 Å². The molecule has 0 atom stereocenters. The second kappa shape index (κ2) is 6.85. The van der Waals surface area contributed by atoms with Crippen molar-refractivity contribution in [3.63, 3.8) is 0 Å². The molecule has 1 N–H and O–H groups in total. The second-order valence-electron chi connectivity index (χ2n) is 4.02. The van der Waals surface area contributed by atoms with Crippen LogP contribution < -0.4 is 10.1 Å². The number of nitrogens with one attached hydrogen (secondary N) is 1. The number of nitrogens with zero attached hydrogens (tertiary/aromatic N) is 4. The van der Waals surface area contributed by atoms with Crippen LogP contribution in [0.4, 0.5) is 5.95 Å². The van der Waals surface area contributed by atoms with Crippen LogP contribution in [0, 0.1) is 0 Å². The zero-order chi connectivity index (χ0) is 14.4. The van der Waals surface area contributed by atoms with Crippen LogP contribution >= 0.6 is 11.6 Å². The predicted molar refractivity (Wildman–Crippen MR) is 73.7 cm³/mol. The lowest BCUT2D eigenvalue weighted by atomic mass is 10.3. The summed E-state index contributed by atoms with van der Waals surface area (Å²) in [5, 5.41) is 14.2. The number of aryl methyl sites for hydroxylation is 1. The number of carbonyl (C=O) groups is 1. The maximum atomic E-state index is 11.7. The molecule has 0 saturated heterocycles. The van der Waals surface area contributed by atoms with Gasteiger partial charge in [-0.15, -0.1) is 0 Å². The molecule has 0 aliphatic carbocycles. The van der Waals surface area contributed by atoms with Crippen LogP contribution in [0.25, 0.3) is 0 Å². The Bertz CT molecular complexity index is 569. The molecule has 1 amide bonds. The minimum absolute atomic E-state index is 0.124. The number of aromatic nitrogens is 4. The van der Waals surface area contributed by atoms with Crippen LogP contribution in [0.1, 0.15) is 13.3 Å². The van der Waals surface area contributed by atoms with E-state index in [-0.39, 0.29) is 12.5 Å². The Labute approximate surface area is 120 Å². The Kier molecular flexibility index (Phi) is 4.89. The fourth-order valence-electron chi connectivity index (χ4n) is 1.50. The lowest BCUT2D eigenvalue weighted by molar-refractivity contribution is -0.118. The van der Waals surface area contributed by atoms with E-state index in [1.807, 2.05) is 6.92 Å². The summed E-state index contributed by atoms with van der Waals surface area (Å²) in [6, 6.07) is 6.76. The van der Waals surface area contributed by atoms with Gasteiger partial charge >= 0.3 is 0 Å². The Morgan fingerprint density at radius 2 is 2.15 bits per heavy atom. The first-order chi connectivity index (χ1) is 9.69. The van der Waals surface area contributed by atoms with Gasteiger partial charge in [0, 0.05) is 11.6 Å². The number of hydrogen-bond acceptors (Lipinski definition) is 5. The maximum absolute atomic E-state index is 11.7. The molecule has 0 saturated carbocycles. The third kappa shape index (κ3) is 3.92. The second-order valence-corrected chi connectivity index (χ2v) is 4.45. The van der Waals surface area contributed by atoms with Crippen molar-refractivity contribution in [3.05, 3.63) is 29.3 Å². The van der Waals surface area contributed by atoms with E-state index in [9.17, 15) is 4.79 Å². The largest absolute Gasteiger partial charge is 0.484 e. The Morgan fingerprint density at radius 3 is 2.85 bits per heavy atom. The maximum Gasteiger partial charge on any atom is 0.264 e. The Balaban J connectivity index is 1.86. The molecule has 0 aliphatic rings. The predicted octanol–water partition coefficient (Wildman–Crippen LogP) is 1.75. The standard InChI is InChI=1S/C12H14ClN5O2/c1-2-7-18-12(15-16-17-18)14-11(19)8-20-10-5-3-9(13)4-6-10/h3-6H,2,7-8H2,1H3,(H,14,15,17,19). The quantitative estimate of drug-likeness (QED) is 0.878. The monoisotopic (exact) mass is 295 g/mol. The summed E-state index contributed by atoms with van der Waals surface area (Å²) in [6.45, 7) is 2.51. The average molecular weight is 296 g/mol. The van der Waals surface area contributed by atoms with Crippen molar-refractivity contribution in [2.45, 2.75) is 19.9 Å². The van der Waals surface area contributed by atoms with Gasteiger partial charge in [0.1, 0.15) is 5.75 Å². The van der Waals surface area contributed by atoms with Gasteiger partial charge in [0.15, 0.2) is 6.61 Å². The normalized spacial score (nSPS) is 10.3. The molecule has 0 unspecified atom stereocenters. The van der Waals surface area contributed by atoms with E-state index in [0.717, 1.165) is 6.42 Å². The van der Waals surface area contributed by atoms with Gasteiger partial charge in [-0.25, -0.2) is 4.68 Å². The van der Waals surface area contributed by atoms with E-state index in [1.165, 1.54) is 4.68 Å². The van der Waals surface area contributed by atoms with Gasteiger partial charge in [-0.3, -0.25) is 10.1 Å². The minimum atomic E-state index is -0.327. The highest BCUT2D eigenvalue weighted by molar-refractivity contribution is 6.30. The van der Waals surface area contributed by atoms with Crippen molar-refractivity contribution < 1.29 is 9.53 Å². The van der Waals surface area contributed by atoms with Crippen LogP contribution in [0.15, 0.2) is 24.3 Å². The van der Waals surface area contributed by atoms with Crippen LogP contribution in [0.2, 0.25) is 5.02 Å². The summed E-state index contributed by atoms with van der Waals surface area (Å²) in [5.74, 6) is 0.557. The smallest absolute Gasteiger partial charge is 0.264 e. The number of tetrazole rings is 1. The molecule has 0 radical (unpaired) electrons. The van der Waals surface area contributed by atoms with Gasteiger partial charge in [-0.05, 0) is 41.1 Å². The van der Waals surface area contributed by atoms with Crippen molar-refractivity contribution in [3.8, 4) is 5.75 Å². The third-order valence-corrected chi connectivity index (χ3v) is 2.65. The number of anilines is 1. The summed E-state index contributed by atoms with van der Waals surface area (Å²) in [6.07, 6.45) is 0.870. The Hall–Kier alpha value is -2.15. The van der Waals surface area contributed by atoms with E-state index in [0.29, 0.717) is 23.3 Å². The molecule has 0 bridgehead atoms. The number of ether oxygens (including phenoxy) is 1. The van der Waals surface area contributed by atoms with Crippen LogP contribution in [0.3, 0.4) is 0 Å². The van der Waals surface area contributed by atoms with Crippen LogP contribution in [-0.4, -0.2) is 32.7 Å². The molecule has 1 heterocycles. The molecule has 1 aromatic heterocycles. The average Bonchev–Trinajstić information content (AvgIpc) is 2.86. The van der Waals surface area contributed by atoms with Crippen molar-refractivity contribution in [2.75, 3.05) is 11.9 Å². The first kappa shape index (κ1) is 14.3. The molecule has 8 heteroatoms. The SMILES string of the molecule is CCCn1nnnc1NC(=O)COc1ccc(Cl)cc1. The number of benzene rings is 1. The van der Waals surface area contributed by atoms with Gasteiger partial charge in [-0.1, -0.05) is 23.6 Å². The molecule has 2 aromatic rings. The number of carbonyl (C=O) groups excluding carboxylic acids is 1. The summed E-state index contributed by atoms with van der Waals surface area (Å²) in [5.41, 5.74) is 0. The third-order valence-electron chi connectivity index (χ3n) is 2.40. The van der Waals surface area contributed by atoms with Crippen LogP contribution in [0.5, 0.6) is 5.75 Å². The van der Waals surface area contributed by atoms with Gasteiger partial charge in [0.25, 0.3) is 5.91 Å². The van der Waals surface area contributed by atoms with Gasteiger partial charge in [-0.2, -0.15) is 0 Å². The van der Waals surface area contributed by atoms with E-state index >= 15 is 0 Å². The van der Waals surface area contributed by atoms with E-state index in [2.05, 4.69) is 20.8 Å². The first-order valence-electron chi connectivity index (χ1n) is 6.13. The molecule has 20 heavy (non-hydrogen) atoms. The van der Waals surface area contributed by atoms with Gasteiger partial charge in [0.2, 0.25) is 5.95 Å². The van der Waals surface area contributed by atoms with Crippen LogP contribution in [-0.2, 0) is 11.3 Å². The highest BCUT2D eigenvalue weighted by Gasteiger charge is 2.10. The molecular weight excluding hydrogens is 282 g/mol. The van der Waals surface area contributed by atoms with Crippen molar-refractivity contribution >= 4 is 23.5 Å². The van der Waals surface area contributed by atoms with Crippen molar-refractivity contribution in [1.29, 1.82) is 0 Å². The summed E-state index contributed by atoms with van der Waals surface area (Å²) < 4.78 is 6.85. The van der Waals surface area contributed by atoms with Gasteiger partial charge < -0.3 is 4.74 Å². The lowest BCUT2D eigenvalue weighted by Gasteiger charge is -2.07. The fourth-order valence-corrected chi connectivity index (χ4v) is 1.62. The molecule has 1 aromatic carbocycles. The molecule has 2 rings (SSSR count).